The number of carbonyl (C=O) groups is 1. The highest BCUT2D eigenvalue weighted by Gasteiger charge is 2.21. The maximum atomic E-state index is 11.5. The van der Waals surface area contributed by atoms with Crippen LogP contribution in [0.4, 0.5) is 11.4 Å². The number of nitrogens with zero attached hydrogens (tertiary/aromatic N) is 1. The van der Waals surface area contributed by atoms with Crippen molar-refractivity contribution < 1.29 is 9.72 Å². The fourth-order valence-corrected chi connectivity index (χ4v) is 1.35. The van der Waals surface area contributed by atoms with Gasteiger partial charge in [-0.05, 0) is 6.07 Å². The van der Waals surface area contributed by atoms with E-state index in [0.717, 1.165) is 0 Å². The third-order valence-electron chi connectivity index (χ3n) is 2.01. The molecule has 1 amide bonds. The van der Waals surface area contributed by atoms with Crippen molar-refractivity contribution in [3.63, 3.8) is 0 Å². The first-order valence-corrected chi connectivity index (χ1v) is 4.20. The van der Waals surface area contributed by atoms with E-state index in [1.807, 2.05) is 0 Å². The largest absolute Gasteiger partial charge is 0.354 e. The highest BCUT2D eigenvalue weighted by Crippen LogP contribution is 2.28. The zero-order valence-electron chi connectivity index (χ0n) is 7.56. The molecule has 1 aliphatic rings. The Balaban J connectivity index is 2.63. The Labute approximate surface area is 84.7 Å². The highest BCUT2D eigenvalue weighted by atomic mass is 16.6. The number of nitro groups is 1. The molecular weight excluding hydrogens is 198 g/mol. The van der Waals surface area contributed by atoms with Gasteiger partial charge in [0.05, 0.1) is 10.5 Å². The van der Waals surface area contributed by atoms with E-state index in [2.05, 4.69) is 10.6 Å². The first kappa shape index (κ1) is 9.20. The number of para-hydroxylation sites is 1. The molecule has 0 aliphatic carbocycles. The van der Waals surface area contributed by atoms with E-state index in [0.29, 0.717) is 0 Å². The smallest absolute Gasteiger partial charge is 0.293 e. The topological polar surface area (TPSA) is 84.3 Å². The monoisotopic (exact) mass is 205 g/mol. The normalized spacial score (nSPS) is 13.5. The molecule has 0 saturated carbocycles. The zero-order chi connectivity index (χ0) is 10.8. The highest BCUT2D eigenvalue weighted by molar-refractivity contribution is 6.02. The number of fused-ring (bicyclic) bond motifs is 1. The van der Waals surface area contributed by atoms with Crippen LogP contribution in [0.1, 0.15) is 10.4 Å². The van der Waals surface area contributed by atoms with E-state index in [9.17, 15) is 14.9 Å². The van der Waals surface area contributed by atoms with Gasteiger partial charge in [-0.2, -0.15) is 0 Å². The number of benzene rings is 1. The van der Waals surface area contributed by atoms with Gasteiger partial charge in [0.15, 0.2) is 0 Å². The molecule has 0 atom stereocenters. The molecule has 0 aromatic heterocycles. The summed E-state index contributed by atoms with van der Waals surface area (Å²) in [5.74, 6) is -0.366. The molecule has 6 nitrogen and oxygen atoms in total. The Morgan fingerprint density at radius 3 is 2.67 bits per heavy atom. The van der Waals surface area contributed by atoms with Crippen molar-refractivity contribution in [2.45, 2.75) is 0 Å². The van der Waals surface area contributed by atoms with Crippen LogP contribution in [-0.2, 0) is 0 Å². The van der Waals surface area contributed by atoms with Gasteiger partial charge >= 0.3 is 0 Å². The predicted octanol–water partition coefficient (Wildman–Crippen LogP) is 1.22. The number of carbonyl (C=O) groups excluding carboxylic acids is 1. The molecule has 1 heterocycles. The lowest BCUT2D eigenvalue weighted by atomic mass is 10.1. The van der Waals surface area contributed by atoms with Gasteiger partial charge in [-0.1, -0.05) is 6.07 Å². The second-order valence-corrected chi connectivity index (χ2v) is 2.91. The number of nitrogens with one attached hydrogen (secondary N) is 2. The summed E-state index contributed by atoms with van der Waals surface area (Å²) in [6.45, 7) is 0. The van der Waals surface area contributed by atoms with E-state index in [1.54, 1.807) is 0 Å². The van der Waals surface area contributed by atoms with E-state index < -0.39 is 4.92 Å². The number of amides is 1. The van der Waals surface area contributed by atoms with E-state index in [4.69, 9.17) is 0 Å². The van der Waals surface area contributed by atoms with Crippen LogP contribution in [0.25, 0.3) is 0 Å². The Hall–Kier alpha value is -2.37. The van der Waals surface area contributed by atoms with Crippen LogP contribution in [0.2, 0.25) is 0 Å². The fraction of sp³-hybridized carbons (Fsp3) is 0. The lowest BCUT2D eigenvalue weighted by Crippen LogP contribution is -2.16. The molecule has 1 aliphatic heterocycles. The molecule has 0 unspecified atom stereocenters. The van der Waals surface area contributed by atoms with E-state index in [1.165, 1.54) is 30.6 Å². The van der Waals surface area contributed by atoms with Gasteiger partial charge in [-0.25, -0.2) is 0 Å². The van der Waals surface area contributed by atoms with Gasteiger partial charge in [-0.15, -0.1) is 0 Å². The molecule has 0 saturated heterocycles. The maximum Gasteiger partial charge on any atom is 0.293 e. The first-order chi connectivity index (χ1) is 7.20. The summed E-state index contributed by atoms with van der Waals surface area (Å²) in [6.07, 6.45) is 2.84. The summed E-state index contributed by atoms with van der Waals surface area (Å²) in [7, 11) is 0. The molecular formula is C9H7N3O3. The molecule has 6 heteroatoms. The third kappa shape index (κ3) is 1.52. The van der Waals surface area contributed by atoms with Crippen LogP contribution < -0.4 is 10.6 Å². The maximum absolute atomic E-state index is 11.5. The Morgan fingerprint density at radius 2 is 1.93 bits per heavy atom. The number of rotatable bonds is 1. The van der Waals surface area contributed by atoms with Crippen molar-refractivity contribution in [2.24, 2.45) is 0 Å². The van der Waals surface area contributed by atoms with Crippen LogP contribution in [0.5, 0.6) is 0 Å². The van der Waals surface area contributed by atoms with Gasteiger partial charge in [-0.3, -0.25) is 14.9 Å². The molecule has 0 radical (unpaired) electrons. The van der Waals surface area contributed by atoms with Crippen LogP contribution >= 0.6 is 0 Å². The molecule has 15 heavy (non-hydrogen) atoms. The summed E-state index contributed by atoms with van der Waals surface area (Å²) < 4.78 is 0. The fourth-order valence-electron chi connectivity index (χ4n) is 1.35. The molecule has 0 spiro atoms. The minimum absolute atomic E-state index is 0.116. The summed E-state index contributed by atoms with van der Waals surface area (Å²) in [5.41, 5.74) is 0.358. The molecule has 0 bridgehead atoms. The lowest BCUT2D eigenvalue weighted by molar-refractivity contribution is -0.383. The molecule has 1 aromatic rings. The standard InChI is InChI=1S/C9H7N3O3/c13-9-6-2-1-3-7(12(14)15)8(6)10-4-5-11-9/h1-5,10H,(H,11,13). The Morgan fingerprint density at radius 1 is 1.20 bits per heavy atom. The van der Waals surface area contributed by atoms with Crippen molar-refractivity contribution in [1.82, 2.24) is 5.32 Å². The summed E-state index contributed by atoms with van der Waals surface area (Å²) in [5, 5.41) is 15.9. The first-order valence-electron chi connectivity index (χ1n) is 4.20. The van der Waals surface area contributed by atoms with Gasteiger partial charge in [0.25, 0.3) is 11.6 Å². The Bertz CT molecular complexity index is 468. The van der Waals surface area contributed by atoms with E-state index >= 15 is 0 Å². The molecule has 76 valence electrons. The van der Waals surface area contributed by atoms with Crippen molar-refractivity contribution >= 4 is 17.3 Å². The summed E-state index contributed by atoms with van der Waals surface area (Å²) in [6, 6.07) is 4.35. The third-order valence-corrected chi connectivity index (χ3v) is 2.01. The van der Waals surface area contributed by atoms with Crippen molar-refractivity contribution in [1.29, 1.82) is 0 Å². The van der Waals surface area contributed by atoms with Gasteiger partial charge in [0, 0.05) is 18.5 Å². The summed E-state index contributed by atoms with van der Waals surface area (Å²) >= 11 is 0. The van der Waals surface area contributed by atoms with Crippen LogP contribution in [-0.4, -0.2) is 10.8 Å². The van der Waals surface area contributed by atoms with Gasteiger partial charge in [0.1, 0.15) is 5.69 Å². The van der Waals surface area contributed by atoms with Crippen molar-refractivity contribution in [3.8, 4) is 0 Å². The Kier molecular flexibility index (Phi) is 2.09. The second-order valence-electron chi connectivity index (χ2n) is 2.91. The number of anilines is 1. The second kappa shape index (κ2) is 3.41. The number of nitro benzene ring substituents is 1. The minimum Gasteiger partial charge on any atom is -0.354 e. The minimum atomic E-state index is -0.529. The van der Waals surface area contributed by atoms with Gasteiger partial charge in [0.2, 0.25) is 0 Å². The molecule has 2 rings (SSSR count). The summed E-state index contributed by atoms with van der Waals surface area (Å²) in [4.78, 5) is 21.6. The zero-order valence-corrected chi connectivity index (χ0v) is 7.56. The molecule has 0 fully saturated rings. The van der Waals surface area contributed by atoms with Gasteiger partial charge < -0.3 is 10.6 Å². The molecule has 1 aromatic carbocycles. The van der Waals surface area contributed by atoms with Crippen molar-refractivity contribution in [3.05, 3.63) is 46.3 Å². The lowest BCUT2D eigenvalue weighted by Gasteiger charge is -2.04. The number of hydrogen-bond acceptors (Lipinski definition) is 4. The van der Waals surface area contributed by atoms with Crippen molar-refractivity contribution in [2.75, 3.05) is 5.32 Å². The quantitative estimate of drug-likeness (QED) is 0.533. The average Bonchev–Trinajstić information content (AvgIpc) is 2.40. The predicted molar refractivity (Wildman–Crippen MR) is 53.3 cm³/mol. The average molecular weight is 205 g/mol. The van der Waals surface area contributed by atoms with Crippen LogP contribution in [0, 0.1) is 10.1 Å². The van der Waals surface area contributed by atoms with Crippen LogP contribution in [0.3, 0.4) is 0 Å². The number of hydrogen-bond donors (Lipinski definition) is 2. The SMILES string of the molecule is O=C1NC=CNc2c1cccc2[N+](=O)[O-]. The molecule has 2 N–H and O–H groups in total. The van der Waals surface area contributed by atoms with E-state index in [-0.39, 0.29) is 22.8 Å². The van der Waals surface area contributed by atoms with Crippen LogP contribution in [0.15, 0.2) is 30.6 Å².